The van der Waals surface area contributed by atoms with Crippen molar-refractivity contribution in [1.29, 1.82) is 0 Å². The first-order chi connectivity index (χ1) is 11.5. The Balaban J connectivity index is 1.61. The number of likely N-dealkylation sites (tertiary alicyclic amines) is 1. The molecule has 0 radical (unpaired) electrons. The summed E-state index contributed by atoms with van der Waals surface area (Å²) in [5.41, 5.74) is 6.87. The van der Waals surface area contributed by atoms with Crippen LogP contribution in [0.1, 0.15) is 32.5 Å². The molecule has 24 heavy (non-hydrogen) atoms. The van der Waals surface area contributed by atoms with Crippen molar-refractivity contribution < 1.29 is 4.79 Å². The van der Waals surface area contributed by atoms with Gasteiger partial charge in [0, 0.05) is 18.5 Å². The summed E-state index contributed by atoms with van der Waals surface area (Å²) in [6.07, 6.45) is 2.21. The zero-order valence-corrected chi connectivity index (χ0v) is 15.1. The van der Waals surface area contributed by atoms with Crippen LogP contribution in [0.2, 0.25) is 0 Å². The number of benzene rings is 1. The van der Waals surface area contributed by atoms with Crippen molar-refractivity contribution in [1.82, 2.24) is 14.9 Å². The number of nitrogens with zero attached hydrogens (tertiary/aromatic N) is 3. The Morgan fingerprint density at radius 3 is 2.79 bits per heavy atom. The molecule has 1 aromatic heterocycles. The van der Waals surface area contributed by atoms with Crippen molar-refractivity contribution in [3.63, 3.8) is 0 Å². The Labute approximate surface area is 147 Å². The average molecular weight is 344 g/mol. The molecule has 1 aliphatic rings. The Hall–Kier alpha value is -1.82. The molecule has 5 nitrogen and oxygen atoms in total. The van der Waals surface area contributed by atoms with Gasteiger partial charge in [-0.25, -0.2) is 9.97 Å². The van der Waals surface area contributed by atoms with Crippen LogP contribution in [0.5, 0.6) is 0 Å². The second-order valence-corrected chi connectivity index (χ2v) is 7.83. The minimum Gasteiger partial charge on any atom is -0.383 e. The summed E-state index contributed by atoms with van der Waals surface area (Å²) >= 11 is 1.58. The number of amides is 1. The lowest BCUT2D eigenvalue weighted by Crippen LogP contribution is -2.41. The van der Waals surface area contributed by atoms with E-state index in [4.69, 9.17) is 5.73 Å². The Kier molecular flexibility index (Phi) is 5.23. The number of carbonyl (C=O) groups is 1. The molecular weight excluding hydrogens is 320 g/mol. The molecule has 1 unspecified atom stereocenters. The third-order valence-corrected chi connectivity index (χ3v) is 5.71. The molecule has 6 heteroatoms. The zero-order chi connectivity index (χ0) is 17.1. The van der Waals surface area contributed by atoms with Crippen molar-refractivity contribution in [2.45, 2.75) is 37.7 Å². The van der Waals surface area contributed by atoms with E-state index in [-0.39, 0.29) is 11.2 Å². The number of aromatic nitrogens is 2. The van der Waals surface area contributed by atoms with Gasteiger partial charge in [0.05, 0.1) is 16.5 Å². The van der Waals surface area contributed by atoms with Crippen LogP contribution in [0.25, 0.3) is 10.9 Å². The fourth-order valence-corrected chi connectivity index (χ4v) is 3.79. The topological polar surface area (TPSA) is 72.1 Å². The number of rotatable bonds is 4. The minimum atomic E-state index is -0.0882. The van der Waals surface area contributed by atoms with Gasteiger partial charge in [-0.1, -0.05) is 19.1 Å². The second-order valence-electron chi connectivity index (χ2n) is 6.50. The van der Waals surface area contributed by atoms with Crippen molar-refractivity contribution in [2.75, 3.05) is 18.8 Å². The molecule has 1 amide bonds. The number of para-hydroxylation sites is 1. The third kappa shape index (κ3) is 3.80. The Morgan fingerprint density at radius 2 is 2.04 bits per heavy atom. The molecule has 1 aromatic carbocycles. The summed E-state index contributed by atoms with van der Waals surface area (Å²) in [7, 11) is 0. The number of nitrogens with two attached hydrogens (primary N) is 1. The zero-order valence-electron chi connectivity index (χ0n) is 14.2. The third-order valence-electron chi connectivity index (χ3n) is 4.58. The number of hydrogen-bond acceptors (Lipinski definition) is 5. The summed E-state index contributed by atoms with van der Waals surface area (Å²) < 4.78 is 0. The van der Waals surface area contributed by atoms with Crippen LogP contribution < -0.4 is 5.73 Å². The Morgan fingerprint density at radius 1 is 1.33 bits per heavy atom. The maximum Gasteiger partial charge on any atom is 0.235 e. The predicted molar refractivity (Wildman–Crippen MR) is 99.7 cm³/mol. The fraction of sp³-hybridized carbons (Fsp3) is 0.500. The van der Waals surface area contributed by atoms with Gasteiger partial charge in [-0.2, -0.15) is 0 Å². The SMILES string of the molecule is CC1CCN(C(=O)C(C)SCc2nc(N)c3ccccc3n2)CC1. The summed E-state index contributed by atoms with van der Waals surface area (Å²) in [5, 5.41) is 0.785. The van der Waals surface area contributed by atoms with E-state index in [1.807, 2.05) is 36.1 Å². The lowest BCUT2D eigenvalue weighted by atomic mass is 9.99. The van der Waals surface area contributed by atoms with Crippen LogP contribution in [0.4, 0.5) is 5.82 Å². The van der Waals surface area contributed by atoms with Gasteiger partial charge in [0.1, 0.15) is 11.6 Å². The smallest absolute Gasteiger partial charge is 0.235 e. The highest BCUT2D eigenvalue weighted by molar-refractivity contribution is 7.99. The molecule has 1 aliphatic heterocycles. The van der Waals surface area contributed by atoms with Crippen LogP contribution in [-0.2, 0) is 10.5 Å². The highest BCUT2D eigenvalue weighted by Crippen LogP contribution is 2.24. The number of nitrogen functional groups attached to an aromatic ring is 1. The van der Waals surface area contributed by atoms with E-state index >= 15 is 0 Å². The van der Waals surface area contributed by atoms with Crippen LogP contribution in [0, 0.1) is 5.92 Å². The van der Waals surface area contributed by atoms with Gasteiger partial charge in [-0.15, -0.1) is 11.8 Å². The molecule has 3 rings (SSSR count). The van der Waals surface area contributed by atoms with Crippen LogP contribution in [0.3, 0.4) is 0 Å². The molecule has 0 saturated carbocycles. The highest BCUT2D eigenvalue weighted by Gasteiger charge is 2.24. The molecule has 0 aliphatic carbocycles. The summed E-state index contributed by atoms with van der Waals surface area (Å²) in [6.45, 7) is 5.98. The van der Waals surface area contributed by atoms with Crippen LogP contribution in [0.15, 0.2) is 24.3 Å². The predicted octanol–water partition coefficient (Wildman–Crippen LogP) is 3.09. The number of thioether (sulfide) groups is 1. The maximum atomic E-state index is 12.5. The molecular formula is C18H24N4OS. The number of hydrogen-bond donors (Lipinski definition) is 1. The molecule has 0 bridgehead atoms. The van der Waals surface area contributed by atoms with Crippen LogP contribution in [-0.4, -0.2) is 39.1 Å². The molecule has 2 N–H and O–H groups in total. The largest absolute Gasteiger partial charge is 0.383 e. The first-order valence-corrected chi connectivity index (χ1v) is 9.51. The van der Waals surface area contributed by atoms with Crippen LogP contribution >= 0.6 is 11.8 Å². The van der Waals surface area contributed by atoms with Gasteiger partial charge < -0.3 is 10.6 Å². The number of piperidine rings is 1. The summed E-state index contributed by atoms with van der Waals surface area (Å²) in [6, 6.07) is 7.72. The summed E-state index contributed by atoms with van der Waals surface area (Å²) in [5.74, 6) is 2.72. The van der Waals surface area contributed by atoms with Crippen molar-refractivity contribution >= 4 is 34.4 Å². The monoisotopic (exact) mass is 344 g/mol. The lowest BCUT2D eigenvalue weighted by molar-refractivity contribution is -0.131. The van der Waals surface area contributed by atoms with Gasteiger partial charge in [-0.05, 0) is 37.8 Å². The standard InChI is InChI=1S/C18H24N4OS/c1-12-7-9-22(10-8-12)18(23)13(2)24-11-16-20-15-6-4-3-5-14(15)17(19)21-16/h3-6,12-13H,7-11H2,1-2H3,(H2,19,20,21). The molecule has 1 fully saturated rings. The van der Waals surface area contributed by atoms with E-state index in [1.165, 1.54) is 0 Å². The average Bonchev–Trinajstić information content (AvgIpc) is 2.60. The van der Waals surface area contributed by atoms with E-state index < -0.39 is 0 Å². The fourth-order valence-electron chi connectivity index (χ4n) is 2.97. The first kappa shape index (κ1) is 17.0. The molecule has 1 saturated heterocycles. The van der Waals surface area contributed by atoms with Crippen molar-refractivity contribution in [3.8, 4) is 0 Å². The van der Waals surface area contributed by atoms with E-state index in [1.54, 1.807) is 11.8 Å². The van der Waals surface area contributed by atoms with Gasteiger partial charge >= 0.3 is 0 Å². The maximum absolute atomic E-state index is 12.5. The van der Waals surface area contributed by atoms with Gasteiger partial charge in [0.25, 0.3) is 0 Å². The second kappa shape index (κ2) is 7.38. The highest BCUT2D eigenvalue weighted by atomic mass is 32.2. The molecule has 1 atom stereocenters. The molecule has 128 valence electrons. The van der Waals surface area contributed by atoms with Crippen molar-refractivity contribution in [2.24, 2.45) is 5.92 Å². The number of carbonyl (C=O) groups excluding carboxylic acids is 1. The quantitative estimate of drug-likeness (QED) is 0.923. The van der Waals surface area contributed by atoms with E-state index in [9.17, 15) is 4.79 Å². The lowest BCUT2D eigenvalue weighted by Gasteiger charge is -2.32. The summed E-state index contributed by atoms with van der Waals surface area (Å²) in [4.78, 5) is 23.5. The number of anilines is 1. The molecule has 2 heterocycles. The molecule has 2 aromatic rings. The van der Waals surface area contributed by atoms with E-state index in [0.717, 1.165) is 42.8 Å². The van der Waals surface area contributed by atoms with E-state index in [0.29, 0.717) is 17.4 Å². The normalized spacial score (nSPS) is 17.2. The minimum absolute atomic E-state index is 0.0882. The first-order valence-electron chi connectivity index (χ1n) is 8.46. The van der Waals surface area contributed by atoms with Crippen molar-refractivity contribution in [3.05, 3.63) is 30.1 Å². The van der Waals surface area contributed by atoms with Gasteiger partial charge in [0.2, 0.25) is 5.91 Å². The Bertz CT molecular complexity index is 728. The number of fused-ring (bicyclic) bond motifs is 1. The van der Waals surface area contributed by atoms with Gasteiger partial charge in [0.15, 0.2) is 0 Å². The van der Waals surface area contributed by atoms with Gasteiger partial charge in [-0.3, -0.25) is 4.79 Å². The molecule has 0 spiro atoms. The van der Waals surface area contributed by atoms with E-state index in [2.05, 4.69) is 16.9 Å².